The molecule has 1 amide bonds. The summed E-state index contributed by atoms with van der Waals surface area (Å²) in [6, 6.07) is 14.0. The van der Waals surface area contributed by atoms with Gasteiger partial charge in [-0.1, -0.05) is 30.7 Å². The predicted molar refractivity (Wildman–Crippen MR) is 94.3 cm³/mol. The topological polar surface area (TPSA) is 75.6 Å². The van der Waals surface area contributed by atoms with Crippen molar-refractivity contribution in [3.05, 3.63) is 65.2 Å². The van der Waals surface area contributed by atoms with Crippen molar-refractivity contribution in [3.63, 3.8) is 0 Å². The van der Waals surface area contributed by atoms with E-state index in [1.807, 2.05) is 18.2 Å². The van der Waals surface area contributed by atoms with E-state index in [1.54, 1.807) is 19.2 Å². The third-order valence-corrected chi connectivity index (χ3v) is 4.95. The molecule has 2 aromatic rings. The second kappa shape index (κ2) is 6.97. The molecule has 0 aliphatic heterocycles. The SMILES string of the molecule is COc1ccccc1C1(CNC(=O)c2cccc(C(=O)O)c2)CCC1. The monoisotopic (exact) mass is 339 g/mol. The fraction of sp³-hybridized carbons (Fsp3) is 0.300. The maximum absolute atomic E-state index is 12.5. The molecule has 0 radical (unpaired) electrons. The lowest BCUT2D eigenvalue weighted by molar-refractivity contribution is 0.0697. The molecule has 1 aliphatic carbocycles. The van der Waals surface area contributed by atoms with Crippen molar-refractivity contribution >= 4 is 11.9 Å². The third kappa shape index (κ3) is 3.36. The summed E-state index contributed by atoms with van der Waals surface area (Å²) in [6.45, 7) is 0.503. The molecule has 0 heterocycles. The van der Waals surface area contributed by atoms with Gasteiger partial charge in [0.25, 0.3) is 5.91 Å². The summed E-state index contributed by atoms with van der Waals surface area (Å²) < 4.78 is 5.48. The minimum absolute atomic E-state index is 0.107. The van der Waals surface area contributed by atoms with Crippen molar-refractivity contribution < 1.29 is 19.4 Å². The Hall–Kier alpha value is -2.82. The van der Waals surface area contributed by atoms with Crippen molar-refractivity contribution in [3.8, 4) is 5.75 Å². The average molecular weight is 339 g/mol. The molecule has 1 aliphatic rings. The highest BCUT2D eigenvalue weighted by Crippen LogP contribution is 2.46. The number of hydrogen-bond donors (Lipinski definition) is 2. The zero-order chi connectivity index (χ0) is 17.9. The van der Waals surface area contributed by atoms with Crippen LogP contribution in [0.15, 0.2) is 48.5 Å². The number of carboxylic acid groups (broad SMARTS) is 1. The van der Waals surface area contributed by atoms with Crippen LogP contribution >= 0.6 is 0 Å². The van der Waals surface area contributed by atoms with E-state index in [0.29, 0.717) is 12.1 Å². The highest BCUT2D eigenvalue weighted by Gasteiger charge is 2.40. The van der Waals surface area contributed by atoms with Crippen molar-refractivity contribution in [2.24, 2.45) is 0 Å². The lowest BCUT2D eigenvalue weighted by Gasteiger charge is -2.43. The molecule has 0 saturated heterocycles. The predicted octanol–water partition coefficient (Wildman–Crippen LogP) is 3.25. The Bertz CT molecular complexity index is 796. The first-order valence-electron chi connectivity index (χ1n) is 8.31. The summed E-state index contributed by atoms with van der Waals surface area (Å²) in [7, 11) is 1.65. The van der Waals surface area contributed by atoms with Crippen LogP contribution in [-0.2, 0) is 5.41 Å². The van der Waals surface area contributed by atoms with Gasteiger partial charge >= 0.3 is 5.97 Å². The van der Waals surface area contributed by atoms with Gasteiger partial charge in [-0.3, -0.25) is 4.79 Å². The Balaban J connectivity index is 1.76. The van der Waals surface area contributed by atoms with Gasteiger partial charge in [-0.15, -0.1) is 0 Å². The molecular formula is C20H21NO4. The van der Waals surface area contributed by atoms with Gasteiger partial charge in [0.2, 0.25) is 0 Å². The van der Waals surface area contributed by atoms with Gasteiger partial charge in [0.1, 0.15) is 5.75 Å². The zero-order valence-electron chi connectivity index (χ0n) is 14.1. The first-order valence-corrected chi connectivity index (χ1v) is 8.31. The van der Waals surface area contributed by atoms with Crippen LogP contribution in [0.1, 0.15) is 45.5 Å². The number of carbonyl (C=O) groups is 2. The lowest BCUT2D eigenvalue weighted by atomic mass is 9.64. The Morgan fingerprint density at radius 2 is 1.84 bits per heavy atom. The number of carbonyl (C=O) groups excluding carboxylic acids is 1. The number of aromatic carboxylic acids is 1. The number of amides is 1. The molecule has 0 bridgehead atoms. The zero-order valence-corrected chi connectivity index (χ0v) is 14.1. The van der Waals surface area contributed by atoms with Crippen molar-refractivity contribution in [1.29, 1.82) is 0 Å². The van der Waals surface area contributed by atoms with E-state index in [4.69, 9.17) is 9.84 Å². The van der Waals surface area contributed by atoms with Crippen molar-refractivity contribution in [1.82, 2.24) is 5.32 Å². The normalized spacial score (nSPS) is 15.1. The highest BCUT2D eigenvalue weighted by molar-refractivity contribution is 5.97. The number of benzene rings is 2. The molecular weight excluding hydrogens is 318 g/mol. The summed E-state index contributed by atoms with van der Waals surface area (Å²) in [5.41, 5.74) is 1.46. The largest absolute Gasteiger partial charge is 0.496 e. The number of rotatable bonds is 6. The summed E-state index contributed by atoms with van der Waals surface area (Å²) in [5, 5.41) is 12.0. The van der Waals surface area contributed by atoms with Crippen LogP contribution in [-0.4, -0.2) is 30.6 Å². The second-order valence-electron chi connectivity index (χ2n) is 6.40. The number of carboxylic acids is 1. The minimum atomic E-state index is -1.04. The van der Waals surface area contributed by atoms with Gasteiger partial charge in [-0.25, -0.2) is 4.79 Å². The summed E-state index contributed by atoms with van der Waals surface area (Å²) in [4.78, 5) is 23.5. The minimum Gasteiger partial charge on any atom is -0.496 e. The smallest absolute Gasteiger partial charge is 0.335 e. The number of methoxy groups -OCH3 is 1. The van der Waals surface area contributed by atoms with Crippen LogP contribution in [0.2, 0.25) is 0 Å². The Morgan fingerprint density at radius 1 is 1.12 bits per heavy atom. The first kappa shape index (κ1) is 17.0. The van der Waals surface area contributed by atoms with E-state index in [9.17, 15) is 9.59 Å². The molecule has 130 valence electrons. The van der Waals surface area contributed by atoms with Gasteiger partial charge in [0.05, 0.1) is 12.7 Å². The van der Waals surface area contributed by atoms with E-state index < -0.39 is 5.97 Å². The van der Waals surface area contributed by atoms with Gasteiger partial charge < -0.3 is 15.2 Å². The lowest BCUT2D eigenvalue weighted by Crippen LogP contribution is -2.45. The summed E-state index contributed by atoms with van der Waals surface area (Å²) in [6.07, 6.45) is 3.09. The molecule has 1 saturated carbocycles. The molecule has 0 spiro atoms. The van der Waals surface area contributed by atoms with Crippen LogP contribution in [0.4, 0.5) is 0 Å². The number of nitrogens with one attached hydrogen (secondary N) is 1. The molecule has 5 heteroatoms. The van der Waals surface area contributed by atoms with Crippen LogP contribution in [0.5, 0.6) is 5.75 Å². The maximum atomic E-state index is 12.5. The summed E-state index contributed by atoms with van der Waals surface area (Å²) >= 11 is 0. The maximum Gasteiger partial charge on any atom is 0.335 e. The standard InChI is InChI=1S/C20H21NO4/c1-25-17-9-3-2-8-16(17)20(10-5-11-20)13-21-18(22)14-6-4-7-15(12-14)19(23)24/h2-4,6-9,12H,5,10-11,13H2,1H3,(H,21,22)(H,23,24). The van der Waals surface area contributed by atoms with Crippen LogP contribution in [0.25, 0.3) is 0 Å². The Morgan fingerprint density at radius 3 is 2.48 bits per heavy atom. The molecule has 0 aromatic heterocycles. The van der Waals surface area contributed by atoms with E-state index in [2.05, 4.69) is 11.4 Å². The van der Waals surface area contributed by atoms with E-state index in [-0.39, 0.29) is 16.9 Å². The molecule has 2 aromatic carbocycles. The Labute approximate surface area is 146 Å². The van der Waals surface area contributed by atoms with Crippen molar-refractivity contribution in [2.75, 3.05) is 13.7 Å². The number of hydrogen-bond acceptors (Lipinski definition) is 3. The van der Waals surface area contributed by atoms with E-state index in [1.165, 1.54) is 12.1 Å². The van der Waals surface area contributed by atoms with E-state index >= 15 is 0 Å². The van der Waals surface area contributed by atoms with Gasteiger partial charge in [-0.2, -0.15) is 0 Å². The average Bonchev–Trinajstić information content (AvgIpc) is 2.61. The van der Waals surface area contributed by atoms with Crippen LogP contribution in [0.3, 0.4) is 0 Å². The van der Waals surface area contributed by atoms with Crippen LogP contribution in [0, 0.1) is 0 Å². The fourth-order valence-corrected chi connectivity index (χ4v) is 3.37. The molecule has 25 heavy (non-hydrogen) atoms. The van der Waals surface area contributed by atoms with Gasteiger partial charge in [0, 0.05) is 23.1 Å². The number of ether oxygens (including phenoxy) is 1. The molecule has 1 fully saturated rings. The van der Waals surface area contributed by atoms with Crippen LogP contribution < -0.4 is 10.1 Å². The first-order chi connectivity index (χ1) is 12.1. The van der Waals surface area contributed by atoms with Crippen molar-refractivity contribution in [2.45, 2.75) is 24.7 Å². The van der Waals surface area contributed by atoms with Gasteiger partial charge in [-0.05, 0) is 37.1 Å². The molecule has 3 rings (SSSR count). The Kier molecular flexibility index (Phi) is 4.74. The third-order valence-electron chi connectivity index (χ3n) is 4.95. The molecule has 2 N–H and O–H groups in total. The van der Waals surface area contributed by atoms with E-state index in [0.717, 1.165) is 30.6 Å². The van der Waals surface area contributed by atoms with Gasteiger partial charge in [0.15, 0.2) is 0 Å². The highest BCUT2D eigenvalue weighted by atomic mass is 16.5. The number of para-hydroxylation sites is 1. The summed E-state index contributed by atoms with van der Waals surface area (Å²) in [5.74, 6) is -0.465. The second-order valence-corrected chi connectivity index (χ2v) is 6.40. The quantitative estimate of drug-likeness (QED) is 0.847. The molecule has 0 unspecified atom stereocenters. The molecule has 5 nitrogen and oxygen atoms in total. The fourth-order valence-electron chi connectivity index (χ4n) is 3.37. The molecule has 0 atom stereocenters.